The van der Waals surface area contributed by atoms with Crippen LogP contribution in [-0.2, 0) is 0 Å². The number of hydrogen-bond donors (Lipinski definition) is 1. The first-order valence-corrected chi connectivity index (χ1v) is 8.21. The number of carbonyl (C=O) groups excluding carboxylic acids is 1. The second kappa shape index (κ2) is 8.87. The molecule has 2 aromatic carbocycles. The molecule has 0 aliphatic carbocycles. The molecular formula is C20H24N2O3. The lowest BCUT2D eigenvalue weighted by molar-refractivity contribution is 0.0954. The molecule has 1 amide bonds. The maximum atomic E-state index is 12.1. The van der Waals surface area contributed by atoms with E-state index in [-0.39, 0.29) is 5.91 Å². The van der Waals surface area contributed by atoms with Gasteiger partial charge in [-0.2, -0.15) is 5.10 Å². The highest BCUT2D eigenvalue weighted by atomic mass is 16.5. The standard InChI is InChI=1S/C20H24N2O3/c1-14(2)13-25-18-10-9-16(11-19(18)24-4)12-21-22-20(23)17-8-6-5-7-15(17)3/h5-12,14H,13H2,1-4H3,(H,22,23)/b21-12-. The lowest BCUT2D eigenvalue weighted by atomic mass is 10.1. The second-order valence-electron chi connectivity index (χ2n) is 6.13. The summed E-state index contributed by atoms with van der Waals surface area (Å²) in [6, 6.07) is 12.9. The summed E-state index contributed by atoms with van der Waals surface area (Å²) in [6.07, 6.45) is 1.57. The largest absolute Gasteiger partial charge is 0.493 e. The molecular weight excluding hydrogens is 316 g/mol. The highest BCUT2D eigenvalue weighted by Crippen LogP contribution is 2.27. The number of amides is 1. The van der Waals surface area contributed by atoms with E-state index in [0.717, 1.165) is 11.1 Å². The zero-order valence-corrected chi connectivity index (χ0v) is 15.1. The predicted octanol–water partition coefficient (Wildman–Crippen LogP) is 3.80. The summed E-state index contributed by atoms with van der Waals surface area (Å²) in [7, 11) is 1.60. The van der Waals surface area contributed by atoms with Crippen LogP contribution in [0.15, 0.2) is 47.6 Å². The van der Waals surface area contributed by atoms with Crippen molar-refractivity contribution in [1.29, 1.82) is 0 Å². The molecule has 0 spiro atoms. The Morgan fingerprint density at radius 2 is 1.96 bits per heavy atom. The van der Waals surface area contributed by atoms with E-state index in [1.165, 1.54) is 0 Å². The van der Waals surface area contributed by atoms with E-state index in [2.05, 4.69) is 24.4 Å². The minimum absolute atomic E-state index is 0.238. The van der Waals surface area contributed by atoms with Gasteiger partial charge in [-0.15, -0.1) is 0 Å². The van der Waals surface area contributed by atoms with Crippen molar-refractivity contribution in [1.82, 2.24) is 5.43 Å². The van der Waals surface area contributed by atoms with E-state index in [1.54, 1.807) is 19.4 Å². The zero-order valence-electron chi connectivity index (χ0n) is 15.1. The first-order chi connectivity index (χ1) is 12.0. The van der Waals surface area contributed by atoms with Gasteiger partial charge in [-0.1, -0.05) is 32.0 Å². The predicted molar refractivity (Wildman–Crippen MR) is 99.6 cm³/mol. The molecule has 0 saturated carbocycles. The molecule has 0 aliphatic heterocycles. The van der Waals surface area contributed by atoms with Crippen molar-refractivity contribution in [3.8, 4) is 11.5 Å². The van der Waals surface area contributed by atoms with Gasteiger partial charge in [0.05, 0.1) is 19.9 Å². The Bertz CT molecular complexity index is 754. The Hall–Kier alpha value is -2.82. The van der Waals surface area contributed by atoms with Gasteiger partial charge in [0.15, 0.2) is 11.5 Å². The fourth-order valence-electron chi connectivity index (χ4n) is 2.19. The van der Waals surface area contributed by atoms with Crippen LogP contribution in [0.5, 0.6) is 11.5 Å². The minimum Gasteiger partial charge on any atom is -0.493 e. The molecule has 0 saturated heterocycles. The number of hydrazone groups is 1. The Morgan fingerprint density at radius 3 is 2.64 bits per heavy atom. The van der Waals surface area contributed by atoms with Crippen molar-refractivity contribution in [3.05, 3.63) is 59.2 Å². The van der Waals surface area contributed by atoms with Gasteiger partial charge in [-0.3, -0.25) is 4.79 Å². The normalized spacial score (nSPS) is 10.9. The van der Waals surface area contributed by atoms with Crippen LogP contribution in [-0.4, -0.2) is 25.8 Å². The van der Waals surface area contributed by atoms with E-state index >= 15 is 0 Å². The Kier molecular flexibility index (Phi) is 6.57. The van der Waals surface area contributed by atoms with E-state index in [4.69, 9.17) is 9.47 Å². The molecule has 0 fully saturated rings. The molecule has 0 aliphatic rings. The lowest BCUT2D eigenvalue weighted by Crippen LogP contribution is -2.18. The second-order valence-corrected chi connectivity index (χ2v) is 6.13. The maximum absolute atomic E-state index is 12.1. The topological polar surface area (TPSA) is 59.9 Å². The van der Waals surface area contributed by atoms with Crippen LogP contribution >= 0.6 is 0 Å². The number of nitrogens with zero attached hydrogens (tertiary/aromatic N) is 1. The molecule has 5 nitrogen and oxygen atoms in total. The zero-order chi connectivity index (χ0) is 18.2. The number of aryl methyl sites for hydroxylation is 1. The van der Waals surface area contributed by atoms with Crippen LogP contribution in [0.1, 0.15) is 35.3 Å². The van der Waals surface area contributed by atoms with Gasteiger partial charge in [-0.05, 0) is 48.2 Å². The van der Waals surface area contributed by atoms with Gasteiger partial charge in [-0.25, -0.2) is 5.43 Å². The molecule has 1 N–H and O–H groups in total. The molecule has 25 heavy (non-hydrogen) atoms. The number of ether oxygens (including phenoxy) is 2. The number of rotatable bonds is 7. The van der Waals surface area contributed by atoms with Crippen molar-refractivity contribution < 1.29 is 14.3 Å². The molecule has 0 aromatic heterocycles. The van der Waals surface area contributed by atoms with Gasteiger partial charge in [0, 0.05) is 5.56 Å². The molecule has 5 heteroatoms. The Balaban J connectivity index is 2.03. The number of nitrogens with one attached hydrogen (secondary N) is 1. The van der Waals surface area contributed by atoms with Crippen molar-refractivity contribution in [2.75, 3.05) is 13.7 Å². The average molecular weight is 340 g/mol. The van der Waals surface area contributed by atoms with Crippen molar-refractivity contribution in [3.63, 3.8) is 0 Å². The third-order valence-electron chi connectivity index (χ3n) is 3.53. The summed E-state index contributed by atoms with van der Waals surface area (Å²) in [5.74, 6) is 1.52. The number of benzene rings is 2. The van der Waals surface area contributed by atoms with Gasteiger partial charge >= 0.3 is 0 Å². The number of carbonyl (C=O) groups is 1. The van der Waals surface area contributed by atoms with Gasteiger partial charge in [0.2, 0.25) is 0 Å². The SMILES string of the molecule is COc1cc(/C=N\NC(=O)c2ccccc2C)ccc1OCC(C)C. The average Bonchev–Trinajstić information content (AvgIpc) is 2.60. The Labute approximate surface area is 148 Å². The summed E-state index contributed by atoms with van der Waals surface area (Å²) < 4.78 is 11.1. The quantitative estimate of drug-likeness (QED) is 0.616. The first-order valence-electron chi connectivity index (χ1n) is 8.21. The molecule has 0 bridgehead atoms. The lowest BCUT2D eigenvalue weighted by Gasteiger charge is -2.12. The fourth-order valence-corrected chi connectivity index (χ4v) is 2.19. The van der Waals surface area contributed by atoms with Crippen molar-refractivity contribution in [2.24, 2.45) is 11.0 Å². The minimum atomic E-state index is -0.238. The first kappa shape index (κ1) is 18.5. The van der Waals surface area contributed by atoms with Crippen LogP contribution in [0, 0.1) is 12.8 Å². The van der Waals surface area contributed by atoms with Crippen LogP contribution in [0.4, 0.5) is 0 Å². The van der Waals surface area contributed by atoms with E-state index in [9.17, 15) is 4.79 Å². The van der Waals surface area contributed by atoms with Crippen LogP contribution in [0.2, 0.25) is 0 Å². The van der Waals surface area contributed by atoms with Crippen LogP contribution in [0.25, 0.3) is 0 Å². The third kappa shape index (κ3) is 5.35. The molecule has 0 atom stereocenters. The molecule has 132 valence electrons. The molecule has 0 unspecified atom stereocenters. The molecule has 2 aromatic rings. The van der Waals surface area contributed by atoms with Crippen LogP contribution in [0.3, 0.4) is 0 Å². The number of methoxy groups -OCH3 is 1. The Morgan fingerprint density at radius 1 is 1.20 bits per heavy atom. The number of hydrogen-bond acceptors (Lipinski definition) is 4. The summed E-state index contributed by atoms with van der Waals surface area (Å²) in [4.78, 5) is 12.1. The van der Waals surface area contributed by atoms with E-state index < -0.39 is 0 Å². The highest BCUT2D eigenvalue weighted by Gasteiger charge is 2.08. The smallest absolute Gasteiger partial charge is 0.271 e. The fraction of sp³-hybridized carbons (Fsp3) is 0.300. The summed E-state index contributed by atoms with van der Waals surface area (Å²) in [6.45, 7) is 6.69. The summed E-state index contributed by atoms with van der Waals surface area (Å²) in [5, 5.41) is 4.02. The van der Waals surface area contributed by atoms with Gasteiger partial charge < -0.3 is 9.47 Å². The molecule has 2 rings (SSSR count). The van der Waals surface area contributed by atoms with Crippen LogP contribution < -0.4 is 14.9 Å². The van der Waals surface area contributed by atoms with Gasteiger partial charge in [0.25, 0.3) is 5.91 Å². The third-order valence-corrected chi connectivity index (χ3v) is 3.53. The van der Waals surface area contributed by atoms with Crippen molar-refractivity contribution >= 4 is 12.1 Å². The summed E-state index contributed by atoms with van der Waals surface area (Å²) >= 11 is 0. The van der Waals surface area contributed by atoms with Crippen molar-refractivity contribution in [2.45, 2.75) is 20.8 Å². The van der Waals surface area contributed by atoms with Gasteiger partial charge in [0.1, 0.15) is 0 Å². The highest BCUT2D eigenvalue weighted by molar-refractivity contribution is 5.96. The summed E-state index contributed by atoms with van der Waals surface area (Å²) in [5.41, 5.74) is 4.86. The van der Waals surface area contributed by atoms with E-state index in [1.807, 2.05) is 43.3 Å². The monoisotopic (exact) mass is 340 g/mol. The maximum Gasteiger partial charge on any atom is 0.271 e. The molecule has 0 heterocycles. The van der Waals surface area contributed by atoms with E-state index in [0.29, 0.717) is 29.6 Å². The molecule has 0 radical (unpaired) electrons.